The molecule has 1 fully saturated rings. The third kappa shape index (κ3) is 3.36. The van der Waals surface area contributed by atoms with Gasteiger partial charge >= 0.3 is 5.76 Å². The topological polar surface area (TPSA) is 86.6 Å². The van der Waals surface area contributed by atoms with Gasteiger partial charge in [-0.3, -0.25) is 14.6 Å². The van der Waals surface area contributed by atoms with Crippen molar-refractivity contribution in [2.24, 2.45) is 0 Å². The molecule has 1 saturated heterocycles. The molecule has 0 unspecified atom stereocenters. The number of rotatable bonds is 2. The molecule has 4 rings (SSSR count). The summed E-state index contributed by atoms with van der Waals surface area (Å²) in [4.78, 5) is 42.6. The molecule has 1 aromatic heterocycles. The Kier molecular flexibility index (Phi) is 4.27. The summed E-state index contributed by atoms with van der Waals surface area (Å²) in [6.45, 7) is 3.88. The lowest BCUT2D eigenvalue weighted by atomic mass is 10.1. The quantitative estimate of drug-likeness (QED) is 0.753. The van der Waals surface area contributed by atoms with Crippen molar-refractivity contribution in [1.29, 1.82) is 0 Å². The van der Waals surface area contributed by atoms with Gasteiger partial charge in [0.2, 0.25) is 0 Å². The summed E-state index contributed by atoms with van der Waals surface area (Å²) in [6, 6.07) is 12.4. The maximum absolute atomic E-state index is 12.7. The molecule has 27 heavy (non-hydrogen) atoms. The number of carbonyl (C=O) groups is 2. The van der Waals surface area contributed by atoms with Gasteiger partial charge in [0, 0.05) is 37.3 Å². The molecule has 1 N–H and O–H groups in total. The lowest BCUT2D eigenvalue weighted by Crippen LogP contribution is -2.50. The number of benzene rings is 2. The Hall–Kier alpha value is -3.35. The number of oxazole rings is 1. The first kappa shape index (κ1) is 17.1. The number of nitrogens with one attached hydrogen (secondary N) is 1. The van der Waals surface area contributed by atoms with Crippen LogP contribution in [0.1, 0.15) is 26.3 Å². The fourth-order valence-corrected chi connectivity index (χ4v) is 3.25. The number of nitrogens with zero attached hydrogens (tertiary/aromatic N) is 2. The number of aryl methyl sites for hydroxylation is 1. The molecule has 138 valence electrons. The van der Waals surface area contributed by atoms with Crippen molar-refractivity contribution in [3.63, 3.8) is 0 Å². The van der Waals surface area contributed by atoms with E-state index in [0.29, 0.717) is 48.4 Å². The van der Waals surface area contributed by atoms with Gasteiger partial charge in [0.25, 0.3) is 11.8 Å². The Morgan fingerprint density at radius 2 is 1.44 bits per heavy atom. The van der Waals surface area contributed by atoms with Crippen molar-refractivity contribution >= 4 is 22.9 Å². The van der Waals surface area contributed by atoms with Gasteiger partial charge in [-0.25, -0.2) is 4.79 Å². The summed E-state index contributed by atoms with van der Waals surface area (Å²) in [6.07, 6.45) is 0. The lowest BCUT2D eigenvalue weighted by molar-refractivity contribution is 0.0535. The molecule has 1 aliphatic heterocycles. The van der Waals surface area contributed by atoms with Crippen molar-refractivity contribution in [1.82, 2.24) is 14.8 Å². The van der Waals surface area contributed by atoms with E-state index in [1.165, 1.54) is 0 Å². The minimum Gasteiger partial charge on any atom is -0.408 e. The molecule has 1 aliphatic rings. The van der Waals surface area contributed by atoms with E-state index in [2.05, 4.69) is 4.98 Å². The first-order valence-corrected chi connectivity index (χ1v) is 8.79. The van der Waals surface area contributed by atoms with Gasteiger partial charge in [-0.15, -0.1) is 0 Å². The highest BCUT2D eigenvalue weighted by Gasteiger charge is 2.25. The van der Waals surface area contributed by atoms with Gasteiger partial charge < -0.3 is 14.2 Å². The van der Waals surface area contributed by atoms with Gasteiger partial charge in [0.1, 0.15) is 0 Å². The molecule has 3 aromatic rings. The van der Waals surface area contributed by atoms with Crippen molar-refractivity contribution in [2.45, 2.75) is 6.92 Å². The minimum absolute atomic E-state index is 0.0161. The fraction of sp³-hybridized carbons (Fsp3) is 0.250. The Bertz CT molecular complexity index is 1060. The molecule has 0 aliphatic carbocycles. The van der Waals surface area contributed by atoms with Crippen LogP contribution in [0.5, 0.6) is 0 Å². The van der Waals surface area contributed by atoms with Crippen LogP contribution in [0.3, 0.4) is 0 Å². The molecule has 0 bridgehead atoms. The molecular weight excluding hydrogens is 346 g/mol. The Morgan fingerprint density at radius 3 is 2.07 bits per heavy atom. The Labute approximate surface area is 155 Å². The molecule has 2 heterocycles. The van der Waals surface area contributed by atoms with Gasteiger partial charge in [-0.1, -0.05) is 17.7 Å². The summed E-state index contributed by atoms with van der Waals surface area (Å²) in [5.41, 5.74) is 3.15. The van der Waals surface area contributed by atoms with Crippen molar-refractivity contribution in [2.75, 3.05) is 26.2 Å². The molecule has 0 spiro atoms. The van der Waals surface area contributed by atoms with E-state index in [4.69, 9.17) is 4.42 Å². The number of piperazine rings is 1. The molecule has 0 radical (unpaired) electrons. The lowest BCUT2D eigenvalue weighted by Gasteiger charge is -2.34. The number of hydrogen-bond donors (Lipinski definition) is 1. The van der Waals surface area contributed by atoms with Crippen LogP contribution in [0.4, 0.5) is 0 Å². The number of H-pyrrole nitrogens is 1. The molecule has 2 amide bonds. The van der Waals surface area contributed by atoms with Crippen LogP contribution in [-0.4, -0.2) is 52.8 Å². The summed E-state index contributed by atoms with van der Waals surface area (Å²) < 4.78 is 5.02. The van der Waals surface area contributed by atoms with E-state index in [9.17, 15) is 14.4 Å². The van der Waals surface area contributed by atoms with E-state index < -0.39 is 5.76 Å². The monoisotopic (exact) mass is 365 g/mol. The molecule has 2 aromatic carbocycles. The van der Waals surface area contributed by atoms with Crippen LogP contribution >= 0.6 is 0 Å². The van der Waals surface area contributed by atoms with Crippen molar-refractivity contribution in [3.05, 3.63) is 69.7 Å². The summed E-state index contributed by atoms with van der Waals surface area (Å²) in [5, 5.41) is 0. The molecule has 0 saturated carbocycles. The third-order valence-corrected chi connectivity index (χ3v) is 4.82. The van der Waals surface area contributed by atoms with Crippen LogP contribution < -0.4 is 5.76 Å². The second-order valence-corrected chi connectivity index (χ2v) is 6.68. The van der Waals surface area contributed by atoms with E-state index >= 15 is 0 Å². The normalized spacial score (nSPS) is 14.6. The highest BCUT2D eigenvalue weighted by Crippen LogP contribution is 2.16. The zero-order chi connectivity index (χ0) is 19.0. The van der Waals surface area contributed by atoms with Crippen molar-refractivity contribution < 1.29 is 14.0 Å². The number of amides is 2. The minimum atomic E-state index is -0.544. The zero-order valence-corrected chi connectivity index (χ0v) is 14.9. The maximum Gasteiger partial charge on any atom is 0.417 e. The van der Waals surface area contributed by atoms with Crippen LogP contribution in [0.2, 0.25) is 0 Å². The average molecular weight is 365 g/mol. The summed E-state index contributed by atoms with van der Waals surface area (Å²) in [7, 11) is 0. The number of aromatic nitrogens is 1. The largest absolute Gasteiger partial charge is 0.417 e. The van der Waals surface area contributed by atoms with Crippen LogP contribution in [0, 0.1) is 6.92 Å². The van der Waals surface area contributed by atoms with Crippen LogP contribution in [-0.2, 0) is 0 Å². The van der Waals surface area contributed by atoms with Gasteiger partial charge in [-0.2, -0.15) is 0 Å². The predicted molar refractivity (Wildman–Crippen MR) is 99.8 cm³/mol. The summed E-state index contributed by atoms with van der Waals surface area (Å²) >= 11 is 0. The second-order valence-electron chi connectivity index (χ2n) is 6.68. The number of carbonyl (C=O) groups excluding carboxylic acids is 2. The first-order chi connectivity index (χ1) is 13.0. The van der Waals surface area contributed by atoms with Crippen LogP contribution in [0.25, 0.3) is 11.1 Å². The average Bonchev–Trinajstić information content (AvgIpc) is 3.07. The zero-order valence-electron chi connectivity index (χ0n) is 14.9. The number of hydrogen-bond acceptors (Lipinski definition) is 4. The standard InChI is InChI=1S/C20H19N3O4/c1-13-2-4-14(5-3-13)18(24)22-8-10-23(11-9-22)19(25)15-6-7-16-17(12-15)27-20(26)21-16/h2-7,12H,8-11H2,1H3,(H,21,26). The van der Waals surface area contributed by atoms with Gasteiger partial charge in [-0.05, 0) is 37.3 Å². The van der Waals surface area contributed by atoms with E-state index in [1.807, 2.05) is 31.2 Å². The molecule has 7 heteroatoms. The highest BCUT2D eigenvalue weighted by molar-refractivity contribution is 5.97. The molecular formula is C20H19N3O4. The van der Waals surface area contributed by atoms with Gasteiger partial charge in [0.05, 0.1) is 5.52 Å². The molecule has 0 atom stereocenters. The van der Waals surface area contributed by atoms with Crippen LogP contribution in [0.15, 0.2) is 51.7 Å². The number of aromatic amines is 1. The first-order valence-electron chi connectivity index (χ1n) is 8.79. The van der Waals surface area contributed by atoms with E-state index in [1.54, 1.807) is 28.0 Å². The van der Waals surface area contributed by atoms with Crippen molar-refractivity contribution in [3.8, 4) is 0 Å². The number of fused-ring (bicyclic) bond motifs is 1. The maximum atomic E-state index is 12.7. The SMILES string of the molecule is Cc1ccc(C(=O)N2CCN(C(=O)c3ccc4[nH]c(=O)oc4c3)CC2)cc1. The highest BCUT2D eigenvalue weighted by atomic mass is 16.4. The third-order valence-electron chi connectivity index (χ3n) is 4.82. The van der Waals surface area contributed by atoms with E-state index in [-0.39, 0.29) is 11.8 Å². The summed E-state index contributed by atoms with van der Waals surface area (Å²) in [5.74, 6) is -0.696. The Balaban J connectivity index is 1.43. The predicted octanol–water partition coefficient (Wildman–Crippen LogP) is 2.03. The van der Waals surface area contributed by atoms with E-state index in [0.717, 1.165) is 5.56 Å². The Morgan fingerprint density at radius 1 is 0.889 bits per heavy atom. The fourth-order valence-electron chi connectivity index (χ4n) is 3.25. The smallest absolute Gasteiger partial charge is 0.408 e. The second kappa shape index (κ2) is 6.75. The molecule has 7 nitrogen and oxygen atoms in total. The van der Waals surface area contributed by atoms with Gasteiger partial charge in [0.15, 0.2) is 5.58 Å².